The Morgan fingerprint density at radius 2 is 1.83 bits per heavy atom. The predicted octanol–water partition coefficient (Wildman–Crippen LogP) is 4.92. The fourth-order valence-electron chi connectivity index (χ4n) is 3.37. The Labute approximate surface area is 179 Å². The summed E-state index contributed by atoms with van der Waals surface area (Å²) in [7, 11) is 0. The summed E-state index contributed by atoms with van der Waals surface area (Å²) >= 11 is 6.11. The molecule has 3 aromatic rings. The summed E-state index contributed by atoms with van der Waals surface area (Å²) in [5, 5.41) is 0.632. The minimum atomic E-state index is -0.645. The van der Waals surface area contributed by atoms with E-state index in [1.807, 2.05) is 48.5 Å². The van der Waals surface area contributed by atoms with Crippen LogP contribution in [0.15, 0.2) is 72.8 Å². The zero-order valence-electron chi connectivity index (χ0n) is 16.2. The molecule has 5 nitrogen and oxygen atoms in total. The Bertz CT molecular complexity index is 1050. The van der Waals surface area contributed by atoms with Crippen LogP contribution >= 0.6 is 11.6 Å². The highest BCUT2D eigenvalue weighted by atomic mass is 35.5. The molecule has 0 fully saturated rings. The van der Waals surface area contributed by atoms with Gasteiger partial charge in [-0.05, 0) is 54.1 Å². The summed E-state index contributed by atoms with van der Waals surface area (Å²) in [4.78, 5) is 25.7. The van der Waals surface area contributed by atoms with Crippen LogP contribution in [0.4, 0.5) is 5.69 Å². The minimum Gasteiger partial charge on any atom is -0.493 e. The lowest BCUT2D eigenvalue weighted by molar-refractivity contribution is -0.127. The number of aldehydes is 1. The molecule has 30 heavy (non-hydrogen) atoms. The molecule has 1 unspecified atom stereocenters. The molecule has 1 atom stereocenters. The Morgan fingerprint density at radius 1 is 1.03 bits per heavy atom. The molecule has 0 radical (unpaired) electrons. The highest BCUT2D eigenvalue weighted by molar-refractivity contribution is 6.30. The molecule has 4 rings (SSSR count). The number of hydrogen-bond acceptors (Lipinski definition) is 4. The number of amides is 1. The van der Waals surface area contributed by atoms with Gasteiger partial charge >= 0.3 is 0 Å². The van der Waals surface area contributed by atoms with E-state index in [2.05, 4.69) is 0 Å². The summed E-state index contributed by atoms with van der Waals surface area (Å²) in [6.07, 6.45) is 0.534. The van der Waals surface area contributed by atoms with Crippen molar-refractivity contribution in [2.45, 2.75) is 19.1 Å². The van der Waals surface area contributed by atoms with Crippen LogP contribution in [0.1, 0.15) is 22.3 Å². The Kier molecular flexibility index (Phi) is 6.00. The number of carbonyl (C=O) groups is 2. The molecule has 1 amide bonds. The summed E-state index contributed by atoms with van der Waals surface area (Å²) < 4.78 is 11.7. The molecule has 152 valence electrons. The van der Waals surface area contributed by atoms with Crippen molar-refractivity contribution in [1.29, 1.82) is 0 Å². The van der Waals surface area contributed by atoms with Gasteiger partial charge in [-0.2, -0.15) is 0 Å². The van der Waals surface area contributed by atoms with Gasteiger partial charge in [-0.3, -0.25) is 9.59 Å². The van der Waals surface area contributed by atoms with Gasteiger partial charge in [0, 0.05) is 17.0 Å². The Balaban J connectivity index is 1.47. The number of carbonyl (C=O) groups excluding carboxylic acids is 2. The lowest BCUT2D eigenvalue weighted by Gasteiger charge is -2.34. The fraction of sp³-hybridized carbons (Fsp3) is 0.167. The quantitative estimate of drug-likeness (QED) is 0.508. The van der Waals surface area contributed by atoms with Gasteiger partial charge in [-0.25, -0.2) is 0 Å². The zero-order chi connectivity index (χ0) is 20.9. The number of rotatable bonds is 7. The number of para-hydroxylation sites is 2. The largest absolute Gasteiger partial charge is 0.493 e. The monoisotopic (exact) mass is 421 g/mol. The first-order chi connectivity index (χ1) is 14.6. The minimum absolute atomic E-state index is 0.117. The van der Waals surface area contributed by atoms with Crippen molar-refractivity contribution in [1.82, 2.24) is 0 Å². The zero-order valence-corrected chi connectivity index (χ0v) is 16.9. The summed E-state index contributed by atoms with van der Waals surface area (Å²) in [6.45, 7) is 0.717. The van der Waals surface area contributed by atoms with Crippen LogP contribution in [-0.2, 0) is 11.3 Å². The van der Waals surface area contributed by atoms with E-state index in [1.54, 1.807) is 29.2 Å². The van der Waals surface area contributed by atoms with E-state index in [1.165, 1.54) is 0 Å². The number of ether oxygens (including phenoxy) is 2. The van der Waals surface area contributed by atoms with E-state index < -0.39 is 6.10 Å². The van der Waals surface area contributed by atoms with Crippen molar-refractivity contribution in [3.63, 3.8) is 0 Å². The fourth-order valence-corrected chi connectivity index (χ4v) is 3.58. The number of anilines is 1. The van der Waals surface area contributed by atoms with Crippen molar-refractivity contribution < 1.29 is 19.1 Å². The Morgan fingerprint density at radius 3 is 2.60 bits per heavy atom. The lowest BCUT2D eigenvalue weighted by Crippen LogP contribution is -2.46. The maximum Gasteiger partial charge on any atom is 0.268 e. The molecule has 1 aliphatic rings. The molecular weight excluding hydrogens is 402 g/mol. The molecule has 3 aromatic carbocycles. The van der Waals surface area contributed by atoms with Gasteiger partial charge in [0.05, 0.1) is 18.8 Å². The lowest BCUT2D eigenvalue weighted by atomic mass is 10.1. The maximum absolute atomic E-state index is 13.2. The highest BCUT2D eigenvalue weighted by Crippen LogP contribution is 2.35. The van der Waals surface area contributed by atoms with Gasteiger partial charge in [-0.15, -0.1) is 0 Å². The third kappa shape index (κ3) is 4.47. The normalized spacial score (nSPS) is 15.3. The predicted molar refractivity (Wildman–Crippen MR) is 115 cm³/mol. The van der Waals surface area contributed by atoms with Gasteiger partial charge in [-0.1, -0.05) is 35.9 Å². The second-order valence-electron chi connectivity index (χ2n) is 6.95. The van der Waals surface area contributed by atoms with Crippen LogP contribution in [-0.4, -0.2) is 24.9 Å². The van der Waals surface area contributed by atoms with Crippen LogP contribution < -0.4 is 14.4 Å². The number of halogens is 1. The van der Waals surface area contributed by atoms with Gasteiger partial charge in [0.2, 0.25) is 0 Å². The molecule has 0 aliphatic carbocycles. The topological polar surface area (TPSA) is 55.8 Å². The van der Waals surface area contributed by atoms with Crippen molar-refractivity contribution in [2.75, 3.05) is 11.5 Å². The summed E-state index contributed by atoms with van der Waals surface area (Å²) in [6, 6.07) is 21.8. The van der Waals surface area contributed by atoms with Crippen molar-refractivity contribution in [3.8, 4) is 11.5 Å². The van der Waals surface area contributed by atoms with E-state index in [-0.39, 0.29) is 5.91 Å². The molecule has 0 saturated carbocycles. The summed E-state index contributed by atoms with van der Waals surface area (Å²) in [5.41, 5.74) is 2.27. The van der Waals surface area contributed by atoms with E-state index in [9.17, 15) is 9.59 Å². The first-order valence-corrected chi connectivity index (χ1v) is 10.0. The van der Waals surface area contributed by atoms with Crippen LogP contribution in [0.2, 0.25) is 5.02 Å². The average Bonchev–Trinajstić information content (AvgIpc) is 2.77. The second kappa shape index (κ2) is 9.01. The first kappa shape index (κ1) is 20.0. The van der Waals surface area contributed by atoms with E-state index in [0.29, 0.717) is 41.7 Å². The van der Waals surface area contributed by atoms with Crippen LogP contribution in [0.3, 0.4) is 0 Å². The van der Waals surface area contributed by atoms with Crippen LogP contribution in [0, 0.1) is 0 Å². The molecule has 6 heteroatoms. The molecule has 1 heterocycles. The maximum atomic E-state index is 13.2. The second-order valence-corrected chi connectivity index (χ2v) is 7.39. The van der Waals surface area contributed by atoms with Crippen molar-refractivity contribution in [2.24, 2.45) is 0 Å². The van der Waals surface area contributed by atoms with E-state index in [0.717, 1.165) is 17.5 Å². The molecule has 1 aliphatic heterocycles. The average molecular weight is 422 g/mol. The first-order valence-electron chi connectivity index (χ1n) is 9.63. The SMILES string of the molecule is O=Cc1ccc(OCCC2Oc3ccccc3N(Cc3cccc(Cl)c3)C2=O)cc1. The van der Waals surface area contributed by atoms with Crippen LogP contribution in [0.25, 0.3) is 0 Å². The van der Waals surface area contributed by atoms with Gasteiger partial charge in [0.15, 0.2) is 6.10 Å². The molecule has 0 bridgehead atoms. The van der Waals surface area contributed by atoms with Crippen LogP contribution in [0.5, 0.6) is 11.5 Å². The van der Waals surface area contributed by atoms with Gasteiger partial charge in [0.1, 0.15) is 17.8 Å². The van der Waals surface area contributed by atoms with Gasteiger partial charge in [0.25, 0.3) is 5.91 Å². The molecule has 0 N–H and O–H groups in total. The van der Waals surface area contributed by atoms with E-state index >= 15 is 0 Å². The number of nitrogens with zero attached hydrogens (tertiary/aromatic N) is 1. The standard InChI is InChI=1S/C24H20ClNO4/c25-19-5-3-4-18(14-19)15-26-21-6-1-2-7-22(21)30-23(24(26)28)12-13-29-20-10-8-17(16-27)9-11-20/h1-11,14,16,23H,12-13,15H2. The van der Waals surface area contributed by atoms with Crippen molar-refractivity contribution in [3.05, 3.63) is 88.9 Å². The number of benzene rings is 3. The molecule has 0 saturated heterocycles. The van der Waals surface area contributed by atoms with Crippen molar-refractivity contribution >= 4 is 29.5 Å². The highest BCUT2D eigenvalue weighted by Gasteiger charge is 2.34. The Hall–Kier alpha value is -3.31. The summed E-state index contributed by atoms with van der Waals surface area (Å²) in [5.74, 6) is 1.19. The number of hydrogen-bond donors (Lipinski definition) is 0. The molecule has 0 spiro atoms. The number of fused-ring (bicyclic) bond motifs is 1. The molecule has 0 aromatic heterocycles. The van der Waals surface area contributed by atoms with Gasteiger partial charge < -0.3 is 14.4 Å². The third-order valence-corrected chi connectivity index (χ3v) is 5.10. The smallest absolute Gasteiger partial charge is 0.268 e. The third-order valence-electron chi connectivity index (χ3n) is 4.86. The van der Waals surface area contributed by atoms with E-state index in [4.69, 9.17) is 21.1 Å². The molecular formula is C24H20ClNO4.